The lowest BCUT2D eigenvalue weighted by Crippen LogP contribution is -2.14. The van der Waals surface area contributed by atoms with Crippen LogP contribution in [0.1, 0.15) is 20.7 Å². The minimum Gasteiger partial charge on any atom is -0.322 e. The highest BCUT2D eigenvalue weighted by molar-refractivity contribution is 9.10. The normalized spacial score (nSPS) is 10.1. The Kier molecular flexibility index (Phi) is 5.26. The van der Waals surface area contributed by atoms with E-state index in [1.54, 1.807) is 48.5 Å². The largest absolute Gasteiger partial charge is 0.322 e. The van der Waals surface area contributed by atoms with Crippen molar-refractivity contribution in [2.24, 2.45) is 0 Å². The third kappa shape index (κ3) is 4.55. The van der Waals surface area contributed by atoms with Crippen LogP contribution in [0.4, 0.5) is 11.4 Å². The van der Waals surface area contributed by atoms with E-state index in [1.165, 1.54) is 0 Å². The zero-order valence-electron chi connectivity index (χ0n) is 13.2. The minimum absolute atomic E-state index is 0.229. The molecule has 0 heterocycles. The third-order valence-corrected chi connectivity index (χ3v) is 4.05. The van der Waals surface area contributed by atoms with Gasteiger partial charge in [-0.25, -0.2) is 0 Å². The van der Waals surface area contributed by atoms with Crippen molar-refractivity contribution in [1.82, 2.24) is 0 Å². The number of anilines is 2. The third-order valence-electron chi connectivity index (χ3n) is 3.52. The topological polar surface area (TPSA) is 58.2 Å². The Labute approximate surface area is 154 Å². The van der Waals surface area contributed by atoms with Crippen molar-refractivity contribution in [2.75, 3.05) is 10.6 Å². The first-order chi connectivity index (χ1) is 12.1. The number of benzene rings is 3. The van der Waals surface area contributed by atoms with Crippen LogP contribution in [0.25, 0.3) is 0 Å². The van der Waals surface area contributed by atoms with Crippen molar-refractivity contribution in [1.29, 1.82) is 0 Å². The Balaban J connectivity index is 1.71. The Morgan fingerprint density at radius 2 is 1.24 bits per heavy atom. The van der Waals surface area contributed by atoms with Crippen LogP contribution in [0.15, 0.2) is 83.3 Å². The summed E-state index contributed by atoms with van der Waals surface area (Å²) in [6, 6.07) is 23.1. The molecule has 3 aromatic carbocycles. The van der Waals surface area contributed by atoms with E-state index in [2.05, 4.69) is 26.6 Å². The van der Waals surface area contributed by atoms with E-state index in [9.17, 15) is 9.59 Å². The van der Waals surface area contributed by atoms with Crippen molar-refractivity contribution in [2.45, 2.75) is 0 Å². The molecule has 124 valence electrons. The molecule has 0 saturated carbocycles. The fraction of sp³-hybridized carbons (Fsp3) is 0. The lowest BCUT2D eigenvalue weighted by Gasteiger charge is -2.08. The summed E-state index contributed by atoms with van der Waals surface area (Å²) < 4.78 is 0.906. The molecule has 2 N–H and O–H groups in total. The zero-order chi connectivity index (χ0) is 17.6. The van der Waals surface area contributed by atoms with Crippen molar-refractivity contribution in [3.05, 3.63) is 94.5 Å². The second kappa shape index (κ2) is 7.77. The maximum atomic E-state index is 12.3. The lowest BCUT2D eigenvalue weighted by molar-refractivity contribution is 0.101. The van der Waals surface area contributed by atoms with E-state index in [0.717, 1.165) is 10.2 Å². The highest BCUT2D eigenvalue weighted by Crippen LogP contribution is 2.16. The van der Waals surface area contributed by atoms with Crippen molar-refractivity contribution < 1.29 is 9.59 Å². The molecule has 0 fully saturated rings. The number of carbonyl (C=O) groups is 2. The van der Waals surface area contributed by atoms with Gasteiger partial charge >= 0.3 is 0 Å². The van der Waals surface area contributed by atoms with Gasteiger partial charge in [0.15, 0.2) is 0 Å². The minimum atomic E-state index is -0.231. The smallest absolute Gasteiger partial charge is 0.255 e. The van der Waals surface area contributed by atoms with Gasteiger partial charge in [0.2, 0.25) is 0 Å². The van der Waals surface area contributed by atoms with Crippen LogP contribution in [-0.2, 0) is 0 Å². The van der Waals surface area contributed by atoms with Crippen LogP contribution in [0.5, 0.6) is 0 Å². The van der Waals surface area contributed by atoms with Gasteiger partial charge in [-0.3, -0.25) is 9.59 Å². The lowest BCUT2D eigenvalue weighted by atomic mass is 10.1. The average Bonchev–Trinajstić information content (AvgIpc) is 2.63. The number of nitrogens with one attached hydrogen (secondary N) is 2. The first-order valence-electron chi connectivity index (χ1n) is 7.65. The molecule has 5 heteroatoms. The highest BCUT2D eigenvalue weighted by Gasteiger charge is 2.09. The van der Waals surface area contributed by atoms with E-state index in [4.69, 9.17) is 0 Å². The number of hydrogen-bond acceptors (Lipinski definition) is 2. The fourth-order valence-electron chi connectivity index (χ4n) is 2.27. The number of carbonyl (C=O) groups excluding carboxylic acids is 2. The van der Waals surface area contributed by atoms with Crippen molar-refractivity contribution >= 4 is 39.1 Å². The van der Waals surface area contributed by atoms with Gasteiger partial charge in [0.05, 0.1) is 0 Å². The van der Waals surface area contributed by atoms with E-state index in [0.29, 0.717) is 16.8 Å². The van der Waals surface area contributed by atoms with E-state index in [1.807, 2.05) is 30.3 Å². The summed E-state index contributed by atoms with van der Waals surface area (Å²) in [5.74, 6) is -0.459. The van der Waals surface area contributed by atoms with E-state index in [-0.39, 0.29) is 11.8 Å². The van der Waals surface area contributed by atoms with Crippen LogP contribution in [0.2, 0.25) is 0 Å². The van der Waals surface area contributed by atoms with Gasteiger partial charge in [-0.15, -0.1) is 0 Å². The fourth-order valence-corrected chi connectivity index (χ4v) is 2.53. The van der Waals surface area contributed by atoms with Crippen LogP contribution in [0, 0.1) is 0 Å². The molecule has 0 aliphatic rings. The Hall–Kier alpha value is -2.92. The number of rotatable bonds is 4. The molecule has 3 aromatic rings. The zero-order valence-corrected chi connectivity index (χ0v) is 14.8. The molecule has 4 nitrogen and oxygen atoms in total. The monoisotopic (exact) mass is 394 g/mol. The molecule has 3 rings (SSSR count). The number of para-hydroxylation sites is 1. The summed E-state index contributed by atoms with van der Waals surface area (Å²) >= 11 is 3.34. The van der Waals surface area contributed by atoms with Gasteiger partial charge in [0, 0.05) is 27.0 Å². The maximum absolute atomic E-state index is 12.3. The number of amides is 2. The highest BCUT2D eigenvalue weighted by atomic mass is 79.9. The molecule has 2 amide bonds. The molecule has 0 saturated heterocycles. The molecule has 0 aliphatic heterocycles. The summed E-state index contributed by atoms with van der Waals surface area (Å²) in [6.07, 6.45) is 0. The van der Waals surface area contributed by atoms with Gasteiger partial charge in [0.25, 0.3) is 11.8 Å². The molecule has 0 bridgehead atoms. The predicted octanol–water partition coefficient (Wildman–Crippen LogP) is 4.95. The molecule has 0 unspecified atom stereocenters. The second-order valence-corrected chi connectivity index (χ2v) is 6.28. The maximum Gasteiger partial charge on any atom is 0.255 e. The first-order valence-corrected chi connectivity index (χ1v) is 8.44. The van der Waals surface area contributed by atoms with Gasteiger partial charge < -0.3 is 10.6 Å². The van der Waals surface area contributed by atoms with Gasteiger partial charge in [-0.2, -0.15) is 0 Å². The van der Waals surface area contributed by atoms with Gasteiger partial charge in [-0.1, -0.05) is 40.2 Å². The van der Waals surface area contributed by atoms with Crippen LogP contribution < -0.4 is 10.6 Å². The van der Waals surface area contributed by atoms with Crippen LogP contribution in [0.3, 0.4) is 0 Å². The van der Waals surface area contributed by atoms with E-state index >= 15 is 0 Å². The first kappa shape index (κ1) is 16.9. The Bertz CT molecular complexity index is 893. The standard InChI is InChI=1S/C20H15BrN2O2/c21-16-11-9-14(10-12-16)19(24)23-18-8-4-5-15(13-18)20(25)22-17-6-2-1-3-7-17/h1-13H,(H,22,25)(H,23,24). The summed E-state index contributed by atoms with van der Waals surface area (Å²) in [4.78, 5) is 24.6. The Morgan fingerprint density at radius 3 is 1.96 bits per heavy atom. The summed E-state index contributed by atoms with van der Waals surface area (Å²) in [5, 5.41) is 5.62. The predicted molar refractivity (Wildman–Crippen MR) is 103 cm³/mol. The van der Waals surface area contributed by atoms with Gasteiger partial charge in [0.1, 0.15) is 0 Å². The molecule has 0 spiro atoms. The average molecular weight is 395 g/mol. The molecule has 25 heavy (non-hydrogen) atoms. The van der Waals surface area contributed by atoms with E-state index < -0.39 is 0 Å². The summed E-state index contributed by atoms with van der Waals surface area (Å²) in [7, 11) is 0. The Morgan fingerprint density at radius 1 is 0.640 bits per heavy atom. The number of hydrogen-bond donors (Lipinski definition) is 2. The summed E-state index contributed by atoms with van der Waals surface area (Å²) in [6.45, 7) is 0. The van der Waals surface area contributed by atoms with Crippen molar-refractivity contribution in [3.8, 4) is 0 Å². The van der Waals surface area contributed by atoms with Crippen molar-refractivity contribution in [3.63, 3.8) is 0 Å². The molecular weight excluding hydrogens is 380 g/mol. The van der Waals surface area contributed by atoms with Crippen LogP contribution >= 0.6 is 15.9 Å². The molecule has 0 aliphatic carbocycles. The summed E-state index contributed by atoms with van der Waals surface area (Å²) in [5.41, 5.74) is 2.30. The molecule has 0 atom stereocenters. The molecule has 0 aromatic heterocycles. The quantitative estimate of drug-likeness (QED) is 0.657. The second-order valence-electron chi connectivity index (χ2n) is 5.36. The SMILES string of the molecule is O=C(Nc1cccc(C(=O)Nc2ccccc2)c1)c1ccc(Br)cc1. The molecule has 0 radical (unpaired) electrons. The van der Waals surface area contributed by atoms with Crippen LogP contribution in [-0.4, -0.2) is 11.8 Å². The van der Waals surface area contributed by atoms with Gasteiger partial charge in [-0.05, 0) is 54.6 Å². The number of halogens is 1. The molecular formula is C20H15BrN2O2.